The van der Waals surface area contributed by atoms with Crippen LogP contribution in [0.4, 0.5) is 0 Å². The van der Waals surface area contributed by atoms with Gasteiger partial charge in [-0.2, -0.15) is 0 Å². The molecule has 0 saturated heterocycles. The maximum atomic E-state index is 4.01. The molecule has 0 spiro atoms. The zero-order chi connectivity index (χ0) is 6.85. The van der Waals surface area contributed by atoms with Crippen molar-refractivity contribution in [3.05, 3.63) is 12.2 Å². The van der Waals surface area contributed by atoms with E-state index < -0.39 is 0 Å². The van der Waals surface area contributed by atoms with Crippen molar-refractivity contribution in [3.8, 4) is 0 Å². The highest BCUT2D eigenvalue weighted by Gasteiger charge is 2.16. The van der Waals surface area contributed by atoms with Crippen LogP contribution in [0.1, 0.15) is 33.1 Å². The van der Waals surface area contributed by atoms with Crippen molar-refractivity contribution in [1.29, 1.82) is 0 Å². The summed E-state index contributed by atoms with van der Waals surface area (Å²) in [6.45, 7) is 8.66. The van der Waals surface area contributed by atoms with Gasteiger partial charge in [0.25, 0.3) is 0 Å². The molecule has 2 unspecified atom stereocenters. The molecule has 1 rings (SSSR count). The van der Waals surface area contributed by atoms with Crippen LogP contribution in [0.5, 0.6) is 0 Å². The molecule has 1 aliphatic carbocycles. The van der Waals surface area contributed by atoms with Gasteiger partial charge in [-0.15, -0.1) is 0 Å². The molecule has 0 aliphatic heterocycles. The summed E-state index contributed by atoms with van der Waals surface area (Å²) >= 11 is 0. The number of hydrogen-bond acceptors (Lipinski definition) is 0. The van der Waals surface area contributed by atoms with E-state index in [1.54, 1.807) is 0 Å². The molecule has 1 fully saturated rings. The molecule has 0 heterocycles. The van der Waals surface area contributed by atoms with Crippen LogP contribution in [0.3, 0.4) is 0 Å². The summed E-state index contributed by atoms with van der Waals surface area (Å²) in [5.74, 6) is 1.78. The van der Waals surface area contributed by atoms with Crippen LogP contribution in [0.15, 0.2) is 12.2 Å². The second-order valence-corrected chi connectivity index (χ2v) is 3.60. The van der Waals surface area contributed by atoms with Gasteiger partial charge in [-0.3, -0.25) is 0 Å². The third-order valence-corrected chi connectivity index (χ3v) is 2.08. The zero-order valence-electron chi connectivity index (χ0n) is 6.48. The first-order valence-electron chi connectivity index (χ1n) is 3.85. The van der Waals surface area contributed by atoms with Crippen molar-refractivity contribution in [2.45, 2.75) is 33.1 Å². The Hall–Kier alpha value is -0.260. The molecule has 0 aromatic heterocycles. The van der Waals surface area contributed by atoms with E-state index in [4.69, 9.17) is 0 Å². The predicted octanol–water partition coefficient (Wildman–Crippen LogP) is 3.00. The summed E-state index contributed by atoms with van der Waals surface area (Å²) in [5.41, 5.74) is 1.46. The van der Waals surface area contributed by atoms with E-state index in [0.717, 1.165) is 11.8 Å². The van der Waals surface area contributed by atoms with E-state index in [-0.39, 0.29) is 0 Å². The Labute approximate surface area is 58.0 Å². The first kappa shape index (κ1) is 6.85. The van der Waals surface area contributed by atoms with Gasteiger partial charge in [-0.1, -0.05) is 26.0 Å². The summed E-state index contributed by atoms with van der Waals surface area (Å²) < 4.78 is 0. The van der Waals surface area contributed by atoms with Crippen molar-refractivity contribution in [2.24, 2.45) is 11.8 Å². The Kier molecular flexibility index (Phi) is 1.94. The molecule has 0 bridgehead atoms. The summed E-state index contributed by atoms with van der Waals surface area (Å²) in [6.07, 6.45) is 3.94. The van der Waals surface area contributed by atoms with Crippen LogP contribution < -0.4 is 0 Å². The second-order valence-electron chi connectivity index (χ2n) is 3.60. The van der Waals surface area contributed by atoms with Crippen molar-refractivity contribution in [2.75, 3.05) is 0 Å². The highest BCUT2D eigenvalue weighted by atomic mass is 14.2. The van der Waals surface area contributed by atoms with Gasteiger partial charge in [0.05, 0.1) is 0 Å². The van der Waals surface area contributed by atoms with Gasteiger partial charge < -0.3 is 0 Å². The maximum Gasteiger partial charge on any atom is -0.0297 e. The molecule has 0 N–H and O–H groups in total. The normalized spacial score (nSPS) is 36.9. The first-order chi connectivity index (χ1) is 4.18. The van der Waals surface area contributed by atoms with Crippen LogP contribution >= 0.6 is 0 Å². The fourth-order valence-electron chi connectivity index (χ4n) is 1.92. The Morgan fingerprint density at radius 3 is 2.00 bits per heavy atom. The lowest BCUT2D eigenvalue weighted by Crippen LogP contribution is -2.11. The van der Waals surface area contributed by atoms with Crippen LogP contribution in [-0.2, 0) is 0 Å². The fraction of sp³-hybridized carbons (Fsp3) is 0.778. The smallest absolute Gasteiger partial charge is 0.0297 e. The summed E-state index contributed by atoms with van der Waals surface area (Å²) in [6, 6.07) is 0. The molecule has 0 heteroatoms. The van der Waals surface area contributed by atoms with Crippen LogP contribution in [0.25, 0.3) is 0 Å². The topological polar surface area (TPSA) is 0 Å². The van der Waals surface area contributed by atoms with E-state index in [1.807, 2.05) is 0 Å². The van der Waals surface area contributed by atoms with Gasteiger partial charge in [-0.05, 0) is 31.1 Å². The Bertz CT molecular complexity index is 101. The van der Waals surface area contributed by atoms with Crippen LogP contribution in [0, 0.1) is 11.8 Å². The number of hydrogen-bond donors (Lipinski definition) is 0. The number of allylic oxidation sites excluding steroid dienone is 1. The Morgan fingerprint density at radius 1 is 1.22 bits per heavy atom. The molecule has 0 nitrogen and oxygen atoms in total. The zero-order valence-corrected chi connectivity index (χ0v) is 6.48. The second kappa shape index (κ2) is 2.55. The standard InChI is InChI=1S/C9H16/c1-7-4-8(2)6-9(3)5-7/h8-9H,1,4-6H2,2-3H3. The van der Waals surface area contributed by atoms with Crippen molar-refractivity contribution in [1.82, 2.24) is 0 Å². The molecule has 9 heavy (non-hydrogen) atoms. The average Bonchev–Trinajstić information content (AvgIpc) is 1.59. The van der Waals surface area contributed by atoms with E-state index in [2.05, 4.69) is 20.4 Å². The van der Waals surface area contributed by atoms with Crippen molar-refractivity contribution < 1.29 is 0 Å². The minimum atomic E-state index is 0.890. The third-order valence-electron chi connectivity index (χ3n) is 2.08. The Morgan fingerprint density at radius 2 is 1.67 bits per heavy atom. The van der Waals surface area contributed by atoms with E-state index >= 15 is 0 Å². The lowest BCUT2D eigenvalue weighted by atomic mass is 9.81. The molecule has 1 aliphatic rings. The number of rotatable bonds is 0. The predicted molar refractivity (Wildman–Crippen MR) is 41.3 cm³/mol. The average molecular weight is 124 g/mol. The molecule has 2 atom stereocenters. The monoisotopic (exact) mass is 124 g/mol. The van der Waals surface area contributed by atoms with E-state index in [1.165, 1.54) is 24.8 Å². The Balaban J connectivity index is 2.43. The van der Waals surface area contributed by atoms with Crippen molar-refractivity contribution in [3.63, 3.8) is 0 Å². The van der Waals surface area contributed by atoms with E-state index in [0.29, 0.717) is 0 Å². The molecule has 52 valence electrons. The van der Waals surface area contributed by atoms with Gasteiger partial charge in [-0.25, -0.2) is 0 Å². The summed E-state index contributed by atoms with van der Waals surface area (Å²) in [5, 5.41) is 0. The lowest BCUT2D eigenvalue weighted by molar-refractivity contribution is 0.359. The molecule has 0 aromatic rings. The molecule has 1 saturated carbocycles. The molecule has 0 aromatic carbocycles. The SMILES string of the molecule is C=C1CC(C)CC(C)C1. The van der Waals surface area contributed by atoms with Gasteiger partial charge in [0.2, 0.25) is 0 Å². The van der Waals surface area contributed by atoms with Crippen molar-refractivity contribution >= 4 is 0 Å². The van der Waals surface area contributed by atoms with Gasteiger partial charge in [0.1, 0.15) is 0 Å². The van der Waals surface area contributed by atoms with Crippen LogP contribution in [-0.4, -0.2) is 0 Å². The molecule has 0 radical (unpaired) electrons. The maximum absolute atomic E-state index is 4.01. The third kappa shape index (κ3) is 1.85. The lowest BCUT2D eigenvalue weighted by Gasteiger charge is -2.25. The van der Waals surface area contributed by atoms with Gasteiger partial charge >= 0.3 is 0 Å². The summed E-state index contributed by atoms with van der Waals surface area (Å²) in [4.78, 5) is 0. The fourth-order valence-corrected chi connectivity index (χ4v) is 1.92. The van der Waals surface area contributed by atoms with E-state index in [9.17, 15) is 0 Å². The van der Waals surface area contributed by atoms with Crippen LogP contribution in [0.2, 0.25) is 0 Å². The molecular formula is C9H16. The molecular weight excluding hydrogens is 108 g/mol. The van der Waals surface area contributed by atoms with Gasteiger partial charge in [0.15, 0.2) is 0 Å². The summed E-state index contributed by atoms with van der Waals surface area (Å²) in [7, 11) is 0. The minimum Gasteiger partial charge on any atom is -0.0998 e. The minimum absolute atomic E-state index is 0.890. The largest absolute Gasteiger partial charge is 0.0998 e. The first-order valence-corrected chi connectivity index (χ1v) is 3.85. The highest BCUT2D eigenvalue weighted by molar-refractivity contribution is 5.00. The highest BCUT2D eigenvalue weighted by Crippen LogP contribution is 2.30. The quantitative estimate of drug-likeness (QED) is 0.435. The van der Waals surface area contributed by atoms with Gasteiger partial charge in [0, 0.05) is 0 Å². The molecule has 0 amide bonds.